The van der Waals surface area contributed by atoms with Gasteiger partial charge in [0.25, 0.3) is 0 Å². The summed E-state index contributed by atoms with van der Waals surface area (Å²) in [6.45, 7) is 0.545. The number of benzene rings is 2. The Bertz CT molecular complexity index is 1090. The van der Waals surface area contributed by atoms with Crippen LogP contribution in [0.1, 0.15) is 5.56 Å². The number of nitrogens with zero attached hydrogens (tertiary/aromatic N) is 2. The molecule has 0 fully saturated rings. The zero-order valence-corrected chi connectivity index (χ0v) is 13.7. The number of hydrogen-bond donors (Lipinski definition) is 0. The molecule has 110 valence electrons. The Kier molecular flexibility index (Phi) is 2.70. The first-order chi connectivity index (χ1) is 11.3. The minimum Gasteiger partial charge on any atom is -0.488 e. The SMILES string of the molecule is Brc1ccc2c(c1)-c1nc3cnc4ccccc4c3cc1CO2. The molecule has 1 aliphatic rings. The van der Waals surface area contributed by atoms with Gasteiger partial charge in [-0.1, -0.05) is 34.1 Å². The Morgan fingerprint density at radius 2 is 1.87 bits per heavy atom. The molecule has 2 aromatic heterocycles. The summed E-state index contributed by atoms with van der Waals surface area (Å²) in [6, 6.07) is 16.4. The molecule has 0 unspecified atom stereocenters. The van der Waals surface area contributed by atoms with Gasteiger partial charge in [0.05, 0.1) is 22.9 Å². The maximum Gasteiger partial charge on any atom is 0.129 e. The molecule has 0 aliphatic carbocycles. The molecule has 0 spiro atoms. The lowest BCUT2D eigenvalue weighted by Crippen LogP contribution is -2.07. The summed E-state index contributed by atoms with van der Waals surface area (Å²) in [4.78, 5) is 9.41. The van der Waals surface area contributed by atoms with Gasteiger partial charge in [-0.15, -0.1) is 0 Å². The summed E-state index contributed by atoms with van der Waals surface area (Å²) in [7, 11) is 0. The highest BCUT2D eigenvalue weighted by Crippen LogP contribution is 2.39. The van der Waals surface area contributed by atoms with Crippen LogP contribution in [0.15, 0.2) is 59.2 Å². The number of fused-ring (bicyclic) bond motifs is 6. The Balaban J connectivity index is 1.86. The summed E-state index contributed by atoms with van der Waals surface area (Å²) in [6.07, 6.45) is 1.85. The second-order valence-electron chi connectivity index (χ2n) is 5.63. The molecular weight excluding hydrogens is 352 g/mol. The van der Waals surface area contributed by atoms with Crippen LogP contribution in [0.4, 0.5) is 0 Å². The summed E-state index contributed by atoms with van der Waals surface area (Å²) < 4.78 is 6.91. The van der Waals surface area contributed by atoms with E-state index in [2.05, 4.69) is 39.1 Å². The molecule has 0 saturated carbocycles. The topological polar surface area (TPSA) is 35.0 Å². The maximum atomic E-state index is 5.89. The first-order valence-electron chi connectivity index (χ1n) is 7.40. The van der Waals surface area contributed by atoms with E-state index in [0.29, 0.717) is 6.61 Å². The molecule has 0 bridgehead atoms. The van der Waals surface area contributed by atoms with Gasteiger partial charge in [-0.05, 0) is 30.3 Å². The number of rotatable bonds is 0. The first kappa shape index (κ1) is 13.0. The Morgan fingerprint density at radius 3 is 2.83 bits per heavy atom. The Labute approximate surface area is 141 Å². The number of hydrogen-bond acceptors (Lipinski definition) is 3. The molecule has 0 saturated heterocycles. The third kappa shape index (κ3) is 1.95. The van der Waals surface area contributed by atoms with Crippen LogP contribution in [0, 0.1) is 0 Å². The maximum absolute atomic E-state index is 5.89. The van der Waals surface area contributed by atoms with Crippen molar-refractivity contribution in [1.82, 2.24) is 9.97 Å². The van der Waals surface area contributed by atoms with E-state index in [9.17, 15) is 0 Å². The quantitative estimate of drug-likeness (QED) is 0.408. The molecule has 4 heteroatoms. The summed E-state index contributed by atoms with van der Waals surface area (Å²) in [5, 5.41) is 2.25. The fourth-order valence-corrected chi connectivity index (χ4v) is 3.50. The number of aromatic nitrogens is 2. The molecular formula is C19H11BrN2O. The monoisotopic (exact) mass is 362 g/mol. The molecule has 0 N–H and O–H groups in total. The van der Waals surface area contributed by atoms with Gasteiger partial charge >= 0.3 is 0 Å². The van der Waals surface area contributed by atoms with Crippen molar-refractivity contribution < 1.29 is 4.74 Å². The molecule has 0 atom stereocenters. The van der Waals surface area contributed by atoms with Crippen molar-refractivity contribution in [2.75, 3.05) is 0 Å². The molecule has 3 nitrogen and oxygen atoms in total. The molecule has 3 heterocycles. The average Bonchev–Trinajstić information content (AvgIpc) is 2.60. The predicted molar refractivity (Wildman–Crippen MR) is 94.5 cm³/mol. The highest BCUT2D eigenvalue weighted by atomic mass is 79.9. The molecule has 23 heavy (non-hydrogen) atoms. The van der Waals surface area contributed by atoms with Gasteiger partial charge < -0.3 is 4.74 Å². The van der Waals surface area contributed by atoms with Crippen molar-refractivity contribution in [1.29, 1.82) is 0 Å². The fraction of sp³-hybridized carbons (Fsp3) is 0.0526. The minimum absolute atomic E-state index is 0.545. The summed E-state index contributed by atoms with van der Waals surface area (Å²) in [5.74, 6) is 0.876. The van der Waals surface area contributed by atoms with E-state index in [0.717, 1.165) is 48.8 Å². The zero-order valence-electron chi connectivity index (χ0n) is 12.1. The van der Waals surface area contributed by atoms with Crippen LogP contribution in [0.3, 0.4) is 0 Å². The van der Waals surface area contributed by atoms with Gasteiger partial charge in [0.2, 0.25) is 0 Å². The van der Waals surface area contributed by atoms with Crippen molar-refractivity contribution in [3.05, 3.63) is 64.8 Å². The Hall–Kier alpha value is -2.46. The normalized spacial score (nSPS) is 12.7. The predicted octanol–water partition coefficient (Wildman–Crippen LogP) is 5.10. The second kappa shape index (κ2) is 4.77. The zero-order chi connectivity index (χ0) is 15.4. The van der Waals surface area contributed by atoms with Crippen LogP contribution in [-0.2, 0) is 6.61 Å². The smallest absolute Gasteiger partial charge is 0.129 e. The van der Waals surface area contributed by atoms with E-state index in [4.69, 9.17) is 9.72 Å². The van der Waals surface area contributed by atoms with Gasteiger partial charge in [-0.2, -0.15) is 0 Å². The van der Waals surface area contributed by atoms with E-state index < -0.39 is 0 Å². The molecule has 0 radical (unpaired) electrons. The second-order valence-corrected chi connectivity index (χ2v) is 6.55. The van der Waals surface area contributed by atoms with Crippen LogP contribution < -0.4 is 4.74 Å². The van der Waals surface area contributed by atoms with Gasteiger partial charge in [0, 0.05) is 26.4 Å². The van der Waals surface area contributed by atoms with Crippen molar-refractivity contribution in [3.63, 3.8) is 0 Å². The molecule has 1 aliphatic heterocycles. The van der Waals surface area contributed by atoms with E-state index in [-0.39, 0.29) is 0 Å². The number of pyridine rings is 2. The van der Waals surface area contributed by atoms with E-state index in [1.807, 2.05) is 36.5 Å². The van der Waals surface area contributed by atoms with E-state index in [1.165, 1.54) is 0 Å². The standard InChI is InChI=1S/C19H11BrN2O/c20-12-5-6-18-15(8-12)19-11(10-23-18)7-14-13-3-1-2-4-16(13)21-9-17(14)22-19/h1-9H,10H2. The van der Waals surface area contributed by atoms with E-state index in [1.54, 1.807) is 0 Å². The number of halogens is 1. The van der Waals surface area contributed by atoms with Crippen molar-refractivity contribution >= 4 is 37.7 Å². The molecule has 4 aromatic rings. The Morgan fingerprint density at radius 1 is 0.957 bits per heavy atom. The van der Waals surface area contributed by atoms with Gasteiger partial charge in [-0.25, -0.2) is 4.98 Å². The van der Waals surface area contributed by atoms with Crippen LogP contribution in [-0.4, -0.2) is 9.97 Å². The van der Waals surface area contributed by atoms with Crippen LogP contribution in [0.2, 0.25) is 0 Å². The lowest BCUT2D eigenvalue weighted by Gasteiger charge is -2.21. The van der Waals surface area contributed by atoms with E-state index >= 15 is 0 Å². The number of ether oxygens (including phenoxy) is 1. The van der Waals surface area contributed by atoms with Gasteiger partial charge in [0.15, 0.2) is 0 Å². The number of para-hydroxylation sites is 1. The van der Waals surface area contributed by atoms with Crippen LogP contribution in [0.25, 0.3) is 33.1 Å². The molecule has 0 amide bonds. The fourth-order valence-electron chi connectivity index (χ4n) is 3.14. The largest absolute Gasteiger partial charge is 0.488 e. The average molecular weight is 363 g/mol. The lowest BCUT2D eigenvalue weighted by molar-refractivity contribution is 0.301. The minimum atomic E-state index is 0.545. The molecule has 5 rings (SSSR count). The third-order valence-corrected chi connectivity index (χ3v) is 4.72. The third-order valence-electron chi connectivity index (χ3n) is 4.23. The molecule has 2 aromatic carbocycles. The first-order valence-corrected chi connectivity index (χ1v) is 8.19. The van der Waals surface area contributed by atoms with Crippen LogP contribution >= 0.6 is 15.9 Å². The van der Waals surface area contributed by atoms with Crippen LogP contribution in [0.5, 0.6) is 5.75 Å². The van der Waals surface area contributed by atoms with Crippen molar-refractivity contribution in [3.8, 4) is 17.0 Å². The van der Waals surface area contributed by atoms with Gasteiger partial charge in [-0.3, -0.25) is 4.98 Å². The van der Waals surface area contributed by atoms with Crippen molar-refractivity contribution in [2.45, 2.75) is 6.61 Å². The summed E-state index contributed by atoms with van der Waals surface area (Å²) >= 11 is 3.53. The summed E-state index contributed by atoms with van der Waals surface area (Å²) in [5.41, 5.74) is 5.02. The van der Waals surface area contributed by atoms with Gasteiger partial charge in [0.1, 0.15) is 12.4 Å². The lowest BCUT2D eigenvalue weighted by atomic mass is 10.00. The van der Waals surface area contributed by atoms with Crippen molar-refractivity contribution in [2.24, 2.45) is 0 Å². The highest BCUT2D eigenvalue weighted by Gasteiger charge is 2.20. The highest BCUT2D eigenvalue weighted by molar-refractivity contribution is 9.10.